The number of nitrogens with zero attached hydrogens (tertiary/aromatic N) is 1. The van der Waals surface area contributed by atoms with E-state index in [2.05, 4.69) is 16.8 Å². The molecule has 1 N–H and O–H groups in total. The van der Waals surface area contributed by atoms with Gasteiger partial charge in [-0.15, -0.1) is 0 Å². The lowest BCUT2D eigenvalue weighted by molar-refractivity contribution is 0.140. The molecule has 0 amide bonds. The van der Waals surface area contributed by atoms with Gasteiger partial charge in [0.2, 0.25) is 0 Å². The lowest BCUT2D eigenvalue weighted by Gasteiger charge is -2.23. The van der Waals surface area contributed by atoms with Gasteiger partial charge in [0.25, 0.3) is 0 Å². The minimum absolute atomic E-state index is 0.183. The number of benzene rings is 1. The third kappa shape index (κ3) is 3.26. The SMILES string of the molecule is CC(C)(C)C#CC(O)(c1ccccc1)c1ccccn1. The summed E-state index contributed by atoms with van der Waals surface area (Å²) >= 11 is 0. The first kappa shape index (κ1) is 14.3. The lowest BCUT2D eigenvalue weighted by atomic mass is 9.88. The van der Waals surface area contributed by atoms with Gasteiger partial charge in [0, 0.05) is 17.2 Å². The van der Waals surface area contributed by atoms with Crippen molar-refractivity contribution in [3.05, 3.63) is 66.0 Å². The molecule has 0 saturated carbocycles. The minimum Gasteiger partial charge on any atom is -0.368 e. The maximum atomic E-state index is 11.1. The zero-order valence-corrected chi connectivity index (χ0v) is 12.1. The molecule has 0 saturated heterocycles. The highest BCUT2D eigenvalue weighted by atomic mass is 16.3. The summed E-state index contributed by atoms with van der Waals surface area (Å²) in [7, 11) is 0. The van der Waals surface area contributed by atoms with Gasteiger partial charge in [-0.3, -0.25) is 4.98 Å². The molecule has 0 radical (unpaired) electrons. The molecular weight excluding hydrogens is 246 g/mol. The van der Waals surface area contributed by atoms with E-state index in [-0.39, 0.29) is 5.41 Å². The fraction of sp³-hybridized carbons (Fsp3) is 0.278. The lowest BCUT2D eigenvalue weighted by Crippen LogP contribution is -2.27. The molecule has 0 aliphatic rings. The van der Waals surface area contributed by atoms with Crippen molar-refractivity contribution >= 4 is 0 Å². The van der Waals surface area contributed by atoms with Gasteiger partial charge in [0.15, 0.2) is 5.60 Å². The Bertz CT molecular complexity index is 576. The van der Waals surface area contributed by atoms with Crippen LogP contribution < -0.4 is 0 Å². The van der Waals surface area contributed by atoms with E-state index in [0.29, 0.717) is 5.69 Å². The molecule has 2 rings (SSSR count). The van der Waals surface area contributed by atoms with E-state index in [1.807, 2.05) is 63.2 Å². The molecule has 1 atom stereocenters. The van der Waals surface area contributed by atoms with E-state index >= 15 is 0 Å². The van der Waals surface area contributed by atoms with Crippen molar-refractivity contribution in [1.29, 1.82) is 0 Å². The number of rotatable bonds is 2. The van der Waals surface area contributed by atoms with Crippen LogP contribution in [-0.4, -0.2) is 10.1 Å². The molecule has 2 heteroatoms. The Morgan fingerprint density at radius 3 is 2.10 bits per heavy atom. The van der Waals surface area contributed by atoms with E-state index in [1.165, 1.54) is 0 Å². The highest BCUT2D eigenvalue weighted by Crippen LogP contribution is 2.28. The largest absolute Gasteiger partial charge is 0.368 e. The summed E-state index contributed by atoms with van der Waals surface area (Å²) in [5.41, 5.74) is -0.286. The zero-order valence-electron chi connectivity index (χ0n) is 12.1. The monoisotopic (exact) mass is 265 g/mol. The second-order valence-corrected chi connectivity index (χ2v) is 5.79. The topological polar surface area (TPSA) is 33.1 Å². The summed E-state index contributed by atoms with van der Waals surface area (Å²) in [6.07, 6.45) is 1.67. The third-order valence-corrected chi connectivity index (χ3v) is 2.85. The summed E-state index contributed by atoms with van der Waals surface area (Å²) in [6.45, 7) is 6.05. The highest BCUT2D eigenvalue weighted by Gasteiger charge is 2.31. The smallest absolute Gasteiger partial charge is 0.194 e. The van der Waals surface area contributed by atoms with E-state index in [9.17, 15) is 5.11 Å². The van der Waals surface area contributed by atoms with Crippen LogP contribution in [0.2, 0.25) is 0 Å². The van der Waals surface area contributed by atoms with E-state index in [4.69, 9.17) is 0 Å². The zero-order chi connectivity index (χ0) is 14.6. The predicted molar refractivity (Wildman–Crippen MR) is 80.9 cm³/mol. The van der Waals surface area contributed by atoms with Crippen LogP contribution in [0.5, 0.6) is 0 Å². The fourth-order valence-corrected chi connectivity index (χ4v) is 1.82. The van der Waals surface area contributed by atoms with Crippen LogP contribution in [0, 0.1) is 17.3 Å². The Labute approximate surface area is 120 Å². The molecule has 1 heterocycles. The van der Waals surface area contributed by atoms with Gasteiger partial charge in [-0.25, -0.2) is 0 Å². The molecule has 1 aromatic carbocycles. The summed E-state index contributed by atoms with van der Waals surface area (Å²) in [6, 6.07) is 14.9. The first-order valence-electron chi connectivity index (χ1n) is 6.65. The van der Waals surface area contributed by atoms with Crippen LogP contribution in [-0.2, 0) is 5.60 Å². The van der Waals surface area contributed by atoms with Gasteiger partial charge < -0.3 is 5.11 Å². The summed E-state index contributed by atoms with van der Waals surface area (Å²) in [5.74, 6) is 6.13. The van der Waals surface area contributed by atoms with E-state index in [1.54, 1.807) is 12.3 Å². The van der Waals surface area contributed by atoms with Crippen LogP contribution >= 0.6 is 0 Å². The molecule has 2 nitrogen and oxygen atoms in total. The first-order valence-corrected chi connectivity index (χ1v) is 6.65. The van der Waals surface area contributed by atoms with Crippen LogP contribution in [0.4, 0.5) is 0 Å². The van der Waals surface area contributed by atoms with Gasteiger partial charge in [-0.05, 0) is 32.9 Å². The van der Waals surface area contributed by atoms with Gasteiger partial charge in [0.05, 0.1) is 5.69 Å². The normalized spacial score (nSPS) is 14.0. The Balaban J connectivity index is 2.58. The summed E-state index contributed by atoms with van der Waals surface area (Å²) in [5, 5.41) is 11.1. The van der Waals surface area contributed by atoms with E-state index in [0.717, 1.165) is 5.56 Å². The third-order valence-electron chi connectivity index (χ3n) is 2.85. The van der Waals surface area contributed by atoms with Crippen LogP contribution in [0.3, 0.4) is 0 Å². The average molecular weight is 265 g/mol. The van der Waals surface area contributed by atoms with Crippen molar-refractivity contribution < 1.29 is 5.11 Å². The van der Waals surface area contributed by atoms with Crippen LogP contribution in [0.25, 0.3) is 0 Å². The van der Waals surface area contributed by atoms with Crippen molar-refractivity contribution in [3.63, 3.8) is 0 Å². The van der Waals surface area contributed by atoms with Crippen LogP contribution in [0.1, 0.15) is 32.0 Å². The van der Waals surface area contributed by atoms with Crippen LogP contribution in [0.15, 0.2) is 54.7 Å². The van der Waals surface area contributed by atoms with Gasteiger partial charge in [-0.2, -0.15) is 0 Å². The Hall–Kier alpha value is -2.11. The van der Waals surface area contributed by atoms with Crippen molar-refractivity contribution in [2.45, 2.75) is 26.4 Å². The molecule has 1 aromatic heterocycles. The first-order chi connectivity index (χ1) is 9.42. The molecule has 1 unspecified atom stereocenters. The molecule has 0 bridgehead atoms. The van der Waals surface area contributed by atoms with Gasteiger partial charge in [0.1, 0.15) is 0 Å². The molecular formula is C18H19NO. The molecule has 2 aromatic rings. The highest BCUT2D eigenvalue weighted by molar-refractivity contribution is 5.41. The maximum Gasteiger partial charge on any atom is 0.194 e. The maximum absolute atomic E-state index is 11.1. The standard InChI is InChI=1S/C18H19NO/c1-17(2,3)12-13-18(20,15-9-5-4-6-10-15)16-11-7-8-14-19-16/h4-11,14,20H,1-3H3. The summed E-state index contributed by atoms with van der Waals surface area (Å²) < 4.78 is 0. The van der Waals surface area contributed by atoms with Crippen molar-refractivity contribution in [2.75, 3.05) is 0 Å². The Kier molecular flexibility index (Phi) is 3.92. The quantitative estimate of drug-likeness (QED) is 0.845. The Morgan fingerprint density at radius 2 is 1.55 bits per heavy atom. The molecule has 20 heavy (non-hydrogen) atoms. The minimum atomic E-state index is -1.38. The summed E-state index contributed by atoms with van der Waals surface area (Å²) in [4.78, 5) is 4.28. The van der Waals surface area contributed by atoms with Gasteiger partial charge >= 0.3 is 0 Å². The van der Waals surface area contributed by atoms with Crippen molar-refractivity contribution in [3.8, 4) is 11.8 Å². The van der Waals surface area contributed by atoms with Gasteiger partial charge in [-0.1, -0.05) is 48.2 Å². The van der Waals surface area contributed by atoms with Crippen molar-refractivity contribution in [2.24, 2.45) is 5.41 Å². The molecule has 0 spiro atoms. The molecule has 0 aliphatic heterocycles. The number of hydrogen-bond donors (Lipinski definition) is 1. The second kappa shape index (κ2) is 5.48. The Morgan fingerprint density at radius 1 is 0.900 bits per heavy atom. The number of pyridine rings is 1. The van der Waals surface area contributed by atoms with Crippen molar-refractivity contribution in [1.82, 2.24) is 4.98 Å². The van der Waals surface area contributed by atoms with E-state index < -0.39 is 5.60 Å². The second-order valence-electron chi connectivity index (χ2n) is 5.79. The number of aromatic nitrogens is 1. The number of hydrogen-bond acceptors (Lipinski definition) is 2. The fourth-order valence-electron chi connectivity index (χ4n) is 1.82. The molecule has 0 fully saturated rings. The molecule has 0 aliphatic carbocycles. The predicted octanol–water partition coefficient (Wildman–Crippen LogP) is 3.37. The molecule has 102 valence electrons. The number of aliphatic hydroxyl groups is 1. The average Bonchev–Trinajstić information content (AvgIpc) is 2.46.